The molecule has 1 heteroatoms. The highest BCUT2D eigenvalue weighted by Gasteiger charge is 2.24. The first kappa shape index (κ1) is 7.81. The van der Waals surface area contributed by atoms with Crippen molar-refractivity contribution in [3.05, 3.63) is 35.4 Å². The molecule has 12 heavy (non-hydrogen) atoms. The van der Waals surface area contributed by atoms with Gasteiger partial charge in [-0.2, -0.15) is 0 Å². The van der Waals surface area contributed by atoms with Crippen LogP contribution in [0.2, 0.25) is 0 Å². The first-order valence-corrected chi connectivity index (χ1v) is 4.53. The highest BCUT2D eigenvalue weighted by atomic mass is 14.7. The summed E-state index contributed by atoms with van der Waals surface area (Å²) in [7, 11) is 0. The fourth-order valence-electron chi connectivity index (χ4n) is 1.92. The molecule has 1 aromatic rings. The highest BCUT2D eigenvalue weighted by molar-refractivity contribution is 5.31. The molecule has 0 amide bonds. The van der Waals surface area contributed by atoms with E-state index in [-0.39, 0.29) is 5.54 Å². The average Bonchev–Trinajstić information content (AvgIpc) is 2.02. The molecule has 1 unspecified atom stereocenters. The van der Waals surface area contributed by atoms with Crippen LogP contribution in [0.1, 0.15) is 24.5 Å². The Bertz CT molecular complexity index is 289. The Morgan fingerprint density at radius 2 is 1.92 bits per heavy atom. The zero-order chi connectivity index (χ0) is 8.60. The number of benzene rings is 1. The summed E-state index contributed by atoms with van der Waals surface area (Å²) in [5.74, 6) is 0. The molecule has 0 aromatic heterocycles. The van der Waals surface area contributed by atoms with Gasteiger partial charge < -0.3 is 5.73 Å². The topological polar surface area (TPSA) is 26.0 Å². The van der Waals surface area contributed by atoms with Gasteiger partial charge in [-0.15, -0.1) is 0 Å². The fourth-order valence-corrected chi connectivity index (χ4v) is 1.92. The SMILES string of the molecule is CC1(N)CCc2ccccc2C1. The highest BCUT2D eigenvalue weighted by Crippen LogP contribution is 2.26. The molecule has 0 heterocycles. The Hall–Kier alpha value is -0.820. The van der Waals surface area contributed by atoms with Gasteiger partial charge in [0.2, 0.25) is 0 Å². The van der Waals surface area contributed by atoms with Gasteiger partial charge in [0.15, 0.2) is 0 Å². The minimum absolute atomic E-state index is 0.0222. The van der Waals surface area contributed by atoms with Crippen molar-refractivity contribution in [1.29, 1.82) is 0 Å². The third-order valence-electron chi connectivity index (χ3n) is 2.68. The van der Waals surface area contributed by atoms with Crippen molar-refractivity contribution in [3.63, 3.8) is 0 Å². The van der Waals surface area contributed by atoms with E-state index in [0.717, 1.165) is 19.3 Å². The van der Waals surface area contributed by atoms with Crippen LogP contribution in [0.25, 0.3) is 0 Å². The van der Waals surface area contributed by atoms with Crippen molar-refractivity contribution in [2.75, 3.05) is 0 Å². The molecule has 64 valence electrons. The molecule has 0 saturated heterocycles. The smallest absolute Gasteiger partial charge is 0.0169 e. The minimum atomic E-state index is 0.0222. The van der Waals surface area contributed by atoms with Crippen LogP contribution in [-0.2, 0) is 12.8 Å². The van der Waals surface area contributed by atoms with Gasteiger partial charge in [0.05, 0.1) is 0 Å². The van der Waals surface area contributed by atoms with Gasteiger partial charge in [-0.3, -0.25) is 0 Å². The van der Waals surface area contributed by atoms with Gasteiger partial charge in [-0.1, -0.05) is 24.3 Å². The van der Waals surface area contributed by atoms with E-state index in [9.17, 15) is 0 Å². The van der Waals surface area contributed by atoms with E-state index in [4.69, 9.17) is 5.73 Å². The van der Waals surface area contributed by atoms with E-state index in [2.05, 4.69) is 31.2 Å². The van der Waals surface area contributed by atoms with Crippen molar-refractivity contribution in [3.8, 4) is 0 Å². The van der Waals surface area contributed by atoms with E-state index in [1.54, 1.807) is 0 Å². The van der Waals surface area contributed by atoms with Crippen molar-refractivity contribution in [2.45, 2.75) is 31.7 Å². The third kappa shape index (κ3) is 1.37. The number of hydrogen-bond acceptors (Lipinski definition) is 1. The number of fused-ring (bicyclic) bond motifs is 1. The van der Waals surface area contributed by atoms with Crippen LogP contribution in [0.5, 0.6) is 0 Å². The molecule has 0 radical (unpaired) electrons. The Kier molecular flexibility index (Phi) is 1.69. The molecule has 0 fully saturated rings. The lowest BCUT2D eigenvalue weighted by Gasteiger charge is -2.30. The lowest BCUT2D eigenvalue weighted by molar-refractivity contribution is 0.409. The molecule has 1 aromatic carbocycles. The molecule has 0 bridgehead atoms. The maximum absolute atomic E-state index is 6.09. The maximum atomic E-state index is 6.09. The largest absolute Gasteiger partial charge is 0.325 e. The number of aryl methyl sites for hydroxylation is 1. The quantitative estimate of drug-likeness (QED) is 0.618. The average molecular weight is 161 g/mol. The van der Waals surface area contributed by atoms with Gasteiger partial charge >= 0.3 is 0 Å². The van der Waals surface area contributed by atoms with Crippen LogP contribution in [0.4, 0.5) is 0 Å². The van der Waals surface area contributed by atoms with E-state index in [0.29, 0.717) is 0 Å². The molecule has 1 atom stereocenters. The van der Waals surface area contributed by atoms with Crippen LogP contribution in [0.15, 0.2) is 24.3 Å². The summed E-state index contributed by atoms with van der Waals surface area (Å²) in [6.45, 7) is 2.14. The van der Waals surface area contributed by atoms with Crippen LogP contribution >= 0.6 is 0 Å². The van der Waals surface area contributed by atoms with Crippen LogP contribution in [-0.4, -0.2) is 5.54 Å². The summed E-state index contributed by atoms with van der Waals surface area (Å²) in [6, 6.07) is 8.61. The molecule has 0 spiro atoms. The van der Waals surface area contributed by atoms with Crippen LogP contribution in [0.3, 0.4) is 0 Å². The van der Waals surface area contributed by atoms with Gasteiger partial charge in [-0.25, -0.2) is 0 Å². The predicted octanol–water partition coefficient (Wildman–Crippen LogP) is 1.89. The lowest BCUT2D eigenvalue weighted by Crippen LogP contribution is -2.41. The third-order valence-corrected chi connectivity index (χ3v) is 2.68. The fraction of sp³-hybridized carbons (Fsp3) is 0.455. The Morgan fingerprint density at radius 1 is 1.25 bits per heavy atom. The first-order chi connectivity index (χ1) is 5.67. The minimum Gasteiger partial charge on any atom is -0.325 e. The van der Waals surface area contributed by atoms with E-state index >= 15 is 0 Å². The molecular weight excluding hydrogens is 146 g/mol. The van der Waals surface area contributed by atoms with Crippen molar-refractivity contribution < 1.29 is 0 Å². The van der Waals surface area contributed by atoms with Gasteiger partial charge in [-0.05, 0) is 37.3 Å². The van der Waals surface area contributed by atoms with E-state index in [1.807, 2.05) is 0 Å². The van der Waals surface area contributed by atoms with E-state index < -0.39 is 0 Å². The van der Waals surface area contributed by atoms with Crippen molar-refractivity contribution >= 4 is 0 Å². The standard InChI is InChI=1S/C11H15N/c1-11(12)7-6-9-4-2-3-5-10(9)8-11/h2-5H,6-8,12H2,1H3. The predicted molar refractivity (Wildman–Crippen MR) is 51.1 cm³/mol. The van der Waals surface area contributed by atoms with E-state index in [1.165, 1.54) is 11.1 Å². The second-order valence-corrected chi connectivity index (χ2v) is 4.10. The molecule has 1 aliphatic rings. The summed E-state index contributed by atoms with van der Waals surface area (Å²) in [4.78, 5) is 0. The van der Waals surface area contributed by atoms with Crippen LogP contribution in [0, 0.1) is 0 Å². The molecule has 0 aliphatic heterocycles. The number of rotatable bonds is 0. The Labute approximate surface area is 73.6 Å². The molecule has 1 nitrogen and oxygen atoms in total. The van der Waals surface area contributed by atoms with Gasteiger partial charge in [0.25, 0.3) is 0 Å². The maximum Gasteiger partial charge on any atom is 0.0169 e. The second-order valence-electron chi connectivity index (χ2n) is 4.10. The summed E-state index contributed by atoms with van der Waals surface area (Å²) < 4.78 is 0. The first-order valence-electron chi connectivity index (χ1n) is 4.53. The Balaban J connectivity index is 2.35. The summed E-state index contributed by atoms with van der Waals surface area (Å²) in [5, 5.41) is 0. The Morgan fingerprint density at radius 3 is 2.67 bits per heavy atom. The molecule has 0 saturated carbocycles. The number of nitrogens with two attached hydrogens (primary N) is 1. The van der Waals surface area contributed by atoms with Crippen molar-refractivity contribution in [2.24, 2.45) is 5.73 Å². The normalized spacial score (nSPS) is 28.2. The zero-order valence-electron chi connectivity index (χ0n) is 7.51. The van der Waals surface area contributed by atoms with Crippen molar-refractivity contribution in [1.82, 2.24) is 0 Å². The van der Waals surface area contributed by atoms with Gasteiger partial charge in [0.1, 0.15) is 0 Å². The molecule has 2 N–H and O–H groups in total. The monoisotopic (exact) mass is 161 g/mol. The molecule has 1 aliphatic carbocycles. The second kappa shape index (κ2) is 2.60. The summed E-state index contributed by atoms with van der Waals surface area (Å²) in [6.07, 6.45) is 3.29. The molecule has 2 rings (SSSR count). The molecular formula is C11H15N. The zero-order valence-corrected chi connectivity index (χ0v) is 7.51. The van der Waals surface area contributed by atoms with Crippen LogP contribution < -0.4 is 5.73 Å². The van der Waals surface area contributed by atoms with Gasteiger partial charge in [0, 0.05) is 5.54 Å². The summed E-state index contributed by atoms with van der Waals surface area (Å²) in [5.41, 5.74) is 9.04. The summed E-state index contributed by atoms with van der Waals surface area (Å²) >= 11 is 0. The number of hydrogen-bond donors (Lipinski definition) is 1. The lowest BCUT2D eigenvalue weighted by atomic mass is 9.80.